The molecule has 1 aromatic heterocycles. The zero-order chi connectivity index (χ0) is 19.4. The number of nitrogens with zero attached hydrogens (tertiary/aromatic N) is 1. The van der Waals surface area contributed by atoms with Gasteiger partial charge in [-0.2, -0.15) is 0 Å². The number of benzene rings is 1. The first kappa shape index (κ1) is 19.7. The SMILES string of the molecule is C[C@H](NC(=O)CN1CCC[C@H]1C(=O)Nc1cc(Cl)ccc1Cl)c1ccco1. The Bertz CT molecular complexity index is 811. The second-order valence-corrected chi connectivity index (χ2v) is 7.39. The topological polar surface area (TPSA) is 74.6 Å². The molecule has 6 nitrogen and oxygen atoms in total. The van der Waals surface area contributed by atoms with E-state index in [1.807, 2.05) is 17.9 Å². The number of nitrogens with one attached hydrogen (secondary N) is 2. The Morgan fingerprint density at radius 1 is 1.33 bits per heavy atom. The maximum Gasteiger partial charge on any atom is 0.241 e. The molecular formula is C19H21Cl2N3O3. The highest BCUT2D eigenvalue weighted by molar-refractivity contribution is 6.35. The third-order valence-electron chi connectivity index (χ3n) is 4.55. The smallest absolute Gasteiger partial charge is 0.241 e. The fourth-order valence-electron chi connectivity index (χ4n) is 3.20. The van der Waals surface area contributed by atoms with Gasteiger partial charge in [0, 0.05) is 5.02 Å². The number of hydrogen-bond acceptors (Lipinski definition) is 4. The van der Waals surface area contributed by atoms with Crippen molar-refractivity contribution < 1.29 is 14.0 Å². The largest absolute Gasteiger partial charge is 0.467 e. The lowest BCUT2D eigenvalue weighted by atomic mass is 10.2. The monoisotopic (exact) mass is 409 g/mol. The van der Waals surface area contributed by atoms with E-state index in [0.29, 0.717) is 34.5 Å². The van der Waals surface area contributed by atoms with Gasteiger partial charge in [0.1, 0.15) is 5.76 Å². The number of rotatable bonds is 6. The van der Waals surface area contributed by atoms with E-state index in [2.05, 4.69) is 10.6 Å². The molecule has 1 aromatic carbocycles. The van der Waals surface area contributed by atoms with Crippen LogP contribution in [0.2, 0.25) is 10.0 Å². The van der Waals surface area contributed by atoms with Crippen molar-refractivity contribution >= 4 is 40.7 Å². The highest BCUT2D eigenvalue weighted by Gasteiger charge is 2.32. The summed E-state index contributed by atoms with van der Waals surface area (Å²) in [5.74, 6) is 0.345. The second kappa shape index (κ2) is 8.78. The van der Waals surface area contributed by atoms with E-state index in [9.17, 15) is 9.59 Å². The van der Waals surface area contributed by atoms with E-state index in [0.717, 1.165) is 6.42 Å². The van der Waals surface area contributed by atoms with Crippen LogP contribution < -0.4 is 10.6 Å². The fourth-order valence-corrected chi connectivity index (χ4v) is 3.54. The van der Waals surface area contributed by atoms with E-state index in [-0.39, 0.29) is 30.4 Å². The molecule has 1 aliphatic heterocycles. The first-order chi connectivity index (χ1) is 12.9. The average molecular weight is 410 g/mol. The number of halogens is 2. The first-order valence-corrected chi connectivity index (χ1v) is 9.52. The summed E-state index contributed by atoms with van der Waals surface area (Å²) in [4.78, 5) is 26.9. The van der Waals surface area contributed by atoms with Crippen LogP contribution in [0.3, 0.4) is 0 Å². The average Bonchev–Trinajstić information content (AvgIpc) is 3.29. The van der Waals surface area contributed by atoms with Crippen LogP contribution in [0, 0.1) is 0 Å². The number of hydrogen-bond donors (Lipinski definition) is 2. The normalized spacial score (nSPS) is 18.3. The highest BCUT2D eigenvalue weighted by Crippen LogP contribution is 2.27. The highest BCUT2D eigenvalue weighted by atomic mass is 35.5. The molecule has 2 atom stereocenters. The molecule has 3 rings (SSSR count). The van der Waals surface area contributed by atoms with Gasteiger partial charge in [-0.05, 0) is 56.6 Å². The molecule has 0 unspecified atom stereocenters. The number of anilines is 1. The predicted molar refractivity (Wildman–Crippen MR) is 105 cm³/mol. The quantitative estimate of drug-likeness (QED) is 0.759. The minimum absolute atomic E-state index is 0.145. The molecule has 144 valence electrons. The summed E-state index contributed by atoms with van der Waals surface area (Å²) in [5, 5.41) is 6.61. The molecule has 8 heteroatoms. The Labute approximate surface area is 167 Å². The Kier molecular flexibility index (Phi) is 6.42. The Hall–Kier alpha value is -2.02. The van der Waals surface area contributed by atoms with Crippen molar-refractivity contribution in [1.82, 2.24) is 10.2 Å². The van der Waals surface area contributed by atoms with Crippen molar-refractivity contribution in [1.29, 1.82) is 0 Å². The van der Waals surface area contributed by atoms with E-state index in [1.165, 1.54) is 0 Å². The number of amides is 2. The number of carbonyl (C=O) groups excluding carboxylic acids is 2. The third-order valence-corrected chi connectivity index (χ3v) is 5.11. The van der Waals surface area contributed by atoms with Crippen LogP contribution in [-0.4, -0.2) is 35.8 Å². The van der Waals surface area contributed by atoms with Crippen molar-refractivity contribution in [3.63, 3.8) is 0 Å². The number of carbonyl (C=O) groups is 2. The van der Waals surface area contributed by atoms with Crippen molar-refractivity contribution in [2.75, 3.05) is 18.4 Å². The lowest BCUT2D eigenvalue weighted by molar-refractivity contribution is -0.125. The van der Waals surface area contributed by atoms with Gasteiger partial charge >= 0.3 is 0 Å². The molecule has 1 fully saturated rings. The zero-order valence-electron chi connectivity index (χ0n) is 14.9. The third kappa shape index (κ3) is 5.03. The molecule has 0 aliphatic carbocycles. The number of furan rings is 1. The fraction of sp³-hybridized carbons (Fsp3) is 0.368. The van der Waals surface area contributed by atoms with E-state index in [1.54, 1.807) is 30.5 Å². The summed E-state index contributed by atoms with van der Waals surface area (Å²) >= 11 is 12.1. The summed E-state index contributed by atoms with van der Waals surface area (Å²) in [7, 11) is 0. The van der Waals surface area contributed by atoms with Crippen LogP contribution in [0.5, 0.6) is 0 Å². The van der Waals surface area contributed by atoms with Crippen LogP contribution >= 0.6 is 23.2 Å². The van der Waals surface area contributed by atoms with Crippen LogP contribution in [0.15, 0.2) is 41.0 Å². The molecule has 2 aromatic rings. The molecule has 1 aliphatic rings. The van der Waals surface area contributed by atoms with E-state index < -0.39 is 0 Å². The van der Waals surface area contributed by atoms with Gasteiger partial charge in [0.2, 0.25) is 11.8 Å². The zero-order valence-corrected chi connectivity index (χ0v) is 16.4. The Balaban J connectivity index is 1.58. The van der Waals surface area contributed by atoms with Crippen molar-refractivity contribution in [3.8, 4) is 0 Å². The summed E-state index contributed by atoms with van der Waals surface area (Å²) in [6.07, 6.45) is 3.10. The molecule has 1 saturated heterocycles. The minimum Gasteiger partial charge on any atom is -0.467 e. The number of likely N-dealkylation sites (tertiary alicyclic amines) is 1. The van der Waals surface area contributed by atoms with Gasteiger partial charge in [-0.3, -0.25) is 14.5 Å². The van der Waals surface area contributed by atoms with Gasteiger partial charge in [-0.1, -0.05) is 23.2 Å². The second-order valence-electron chi connectivity index (χ2n) is 6.55. The molecule has 27 heavy (non-hydrogen) atoms. The summed E-state index contributed by atoms with van der Waals surface area (Å²) in [6, 6.07) is 7.88. The lowest BCUT2D eigenvalue weighted by Crippen LogP contribution is -2.45. The summed E-state index contributed by atoms with van der Waals surface area (Å²) in [6.45, 7) is 2.68. The molecule has 2 heterocycles. The molecule has 2 amide bonds. The van der Waals surface area contributed by atoms with E-state index in [4.69, 9.17) is 27.6 Å². The maximum atomic E-state index is 12.7. The first-order valence-electron chi connectivity index (χ1n) is 8.77. The van der Waals surface area contributed by atoms with Gasteiger partial charge in [0.05, 0.1) is 35.6 Å². The van der Waals surface area contributed by atoms with Gasteiger partial charge in [0.15, 0.2) is 0 Å². The standard InChI is InChI=1S/C19H21Cl2N3O3/c1-12(17-5-3-9-27-17)22-18(25)11-24-8-2-4-16(24)19(26)23-15-10-13(20)6-7-14(15)21/h3,5-7,9-10,12,16H,2,4,8,11H2,1H3,(H,22,25)(H,23,26)/t12-,16-/m0/s1. The van der Waals surface area contributed by atoms with Crippen LogP contribution in [0.1, 0.15) is 31.6 Å². The van der Waals surface area contributed by atoms with Gasteiger partial charge in [-0.25, -0.2) is 0 Å². The van der Waals surface area contributed by atoms with Crippen LogP contribution in [-0.2, 0) is 9.59 Å². The Morgan fingerprint density at radius 2 is 2.15 bits per heavy atom. The molecule has 0 radical (unpaired) electrons. The van der Waals surface area contributed by atoms with Crippen molar-refractivity contribution in [3.05, 3.63) is 52.4 Å². The maximum absolute atomic E-state index is 12.7. The summed E-state index contributed by atoms with van der Waals surface area (Å²) < 4.78 is 5.30. The lowest BCUT2D eigenvalue weighted by Gasteiger charge is -2.24. The van der Waals surface area contributed by atoms with Gasteiger partial charge in [-0.15, -0.1) is 0 Å². The molecule has 0 saturated carbocycles. The predicted octanol–water partition coefficient (Wildman–Crippen LogP) is 3.87. The van der Waals surface area contributed by atoms with Crippen LogP contribution in [0.4, 0.5) is 5.69 Å². The van der Waals surface area contributed by atoms with Gasteiger partial charge < -0.3 is 15.1 Å². The molecule has 2 N–H and O–H groups in total. The van der Waals surface area contributed by atoms with Crippen LogP contribution in [0.25, 0.3) is 0 Å². The molecule has 0 spiro atoms. The van der Waals surface area contributed by atoms with Crippen molar-refractivity contribution in [2.45, 2.75) is 31.8 Å². The molecule has 0 bridgehead atoms. The summed E-state index contributed by atoms with van der Waals surface area (Å²) in [5.41, 5.74) is 0.469. The van der Waals surface area contributed by atoms with Gasteiger partial charge in [0.25, 0.3) is 0 Å². The Morgan fingerprint density at radius 3 is 2.89 bits per heavy atom. The van der Waals surface area contributed by atoms with E-state index >= 15 is 0 Å². The van der Waals surface area contributed by atoms with Crippen molar-refractivity contribution in [2.24, 2.45) is 0 Å². The minimum atomic E-state index is -0.385. The molecular weight excluding hydrogens is 389 g/mol.